The molecule has 0 aromatic heterocycles. The van der Waals surface area contributed by atoms with Crippen LogP contribution >= 0.6 is 23.2 Å². The summed E-state index contributed by atoms with van der Waals surface area (Å²) >= 11 is 11.7. The van der Waals surface area contributed by atoms with E-state index < -0.39 is 5.97 Å². The minimum atomic E-state index is -0.990. The van der Waals surface area contributed by atoms with E-state index in [1.54, 1.807) is 24.3 Å². The molecule has 5 heteroatoms. The molecule has 0 fully saturated rings. The van der Waals surface area contributed by atoms with Gasteiger partial charge in [-0.3, -0.25) is 0 Å². The Morgan fingerprint density at radius 3 is 2.32 bits per heavy atom. The average Bonchev–Trinajstić information content (AvgIpc) is 2.38. The first-order valence-electron chi connectivity index (χ1n) is 5.57. The molecule has 2 aromatic rings. The summed E-state index contributed by atoms with van der Waals surface area (Å²) in [6.07, 6.45) is 0. The molecule has 0 radical (unpaired) electrons. The molecule has 2 rings (SSSR count). The van der Waals surface area contributed by atoms with Crippen LogP contribution in [0.3, 0.4) is 0 Å². The SMILES string of the molecule is O=C(O)c1ccc(Cl)cc1NCc1ccc(Cl)cc1. The van der Waals surface area contributed by atoms with E-state index in [0.29, 0.717) is 22.3 Å². The third-order valence-corrected chi connectivity index (χ3v) is 3.10. The smallest absolute Gasteiger partial charge is 0.337 e. The molecule has 0 saturated carbocycles. The van der Waals surface area contributed by atoms with Crippen molar-refractivity contribution in [3.05, 3.63) is 63.6 Å². The molecule has 19 heavy (non-hydrogen) atoms. The Labute approximate surface area is 120 Å². The maximum atomic E-state index is 11.1. The van der Waals surface area contributed by atoms with Crippen LogP contribution in [0.4, 0.5) is 5.69 Å². The van der Waals surface area contributed by atoms with Crippen LogP contribution in [0.15, 0.2) is 42.5 Å². The molecule has 0 aliphatic carbocycles. The van der Waals surface area contributed by atoms with E-state index in [2.05, 4.69) is 5.32 Å². The van der Waals surface area contributed by atoms with E-state index >= 15 is 0 Å². The van der Waals surface area contributed by atoms with Gasteiger partial charge in [0, 0.05) is 16.6 Å². The second-order valence-corrected chi connectivity index (χ2v) is 4.85. The van der Waals surface area contributed by atoms with Crippen molar-refractivity contribution in [1.29, 1.82) is 0 Å². The predicted molar refractivity (Wildman–Crippen MR) is 77.2 cm³/mol. The summed E-state index contributed by atoms with van der Waals surface area (Å²) in [6.45, 7) is 0.498. The number of hydrogen-bond donors (Lipinski definition) is 2. The fourth-order valence-corrected chi connectivity index (χ4v) is 1.95. The highest BCUT2D eigenvalue weighted by Gasteiger charge is 2.10. The number of carbonyl (C=O) groups is 1. The molecule has 0 saturated heterocycles. The molecule has 0 spiro atoms. The highest BCUT2D eigenvalue weighted by atomic mass is 35.5. The normalized spacial score (nSPS) is 10.2. The number of halogens is 2. The minimum absolute atomic E-state index is 0.193. The molecular formula is C14H11Cl2NO2. The summed E-state index contributed by atoms with van der Waals surface area (Å²) in [7, 11) is 0. The molecule has 98 valence electrons. The lowest BCUT2D eigenvalue weighted by molar-refractivity contribution is 0.0698. The van der Waals surface area contributed by atoms with E-state index in [-0.39, 0.29) is 5.56 Å². The summed E-state index contributed by atoms with van der Waals surface area (Å²) in [5.74, 6) is -0.990. The Kier molecular flexibility index (Phi) is 4.30. The molecule has 0 heterocycles. The zero-order valence-corrected chi connectivity index (χ0v) is 11.4. The summed E-state index contributed by atoms with van der Waals surface area (Å²) in [5.41, 5.74) is 1.69. The van der Waals surface area contributed by atoms with Gasteiger partial charge in [0.2, 0.25) is 0 Å². The van der Waals surface area contributed by atoms with Crippen molar-refractivity contribution in [3.63, 3.8) is 0 Å². The summed E-state index contributed by atoms with van der Waals surface area (Å²) < 4.78 is 0. The second-order valence-electron chi connectivity index (χ2n) is 3.98. The van der Waals surface area contributed by atoms with Gasteiger partial charge in [0.15, 0.2) is 0 Å². The Hall–Kier alpha value is -1.71. The summed E-state index contributed by atoms with van der Waals surface area (Å²) in [6, 6.07) is 12.0. The number of benzene rings is 2. The zero-order valence-electron chi connectivity index (χ0n) is 9.86. The van der Waals surface area contributed by atoms with Crippen LogP contribution in [-0.2, 0) is 6.54 Å². The highest BCUT2D eigenvalue weighted by Crippen LogP contribution is 2.22. The lowest BCUT2D eigenvalue weighted by Gasteiger charge is -2.10. The van der Waals surface area contributed by atoms with E-state index in [1.807, 2.05) is 12.1 Å². The van der Waals surface area contributed by atoms with Crippen LogP contribution in [0.2, 0.25) is 10.0 Å². The number of carboxylic acid groups (broad SMARTS) is 1. The second kappa shape index (κ2) is 5.95. The third kappa shape index (κ3) is 3.63. The molecule has 0 atom stereocenters. The van der Waals surface area contributed by atoms with Gasteiger partial charge in [0.05, 0.1) is 11.3 Å². The Morgan fingerprint density at radius 1 is 1.05 bits per heavy atom. The van der Waals surface area contributed by atoms with Crippen LogP contribution in [0, 0.1) is 0 Å². The van der Waals surface area contributed by atoms with Gasteiger partial charge in [-0.25, -0.2) is 4.79 Å². The quantitative estimate of drug-likeness (QED) is 0.884. The maximum Gasteiger partial charge on any atom is 0.337 e. The lowest BCUT2D eigenvalue weighted by Crippen LogP contribution is -2.06. The summed E-state index contributed by atoms with van der Waals surface area (Å²) in [5, 5.41) is 13.3. The highest BCUT2D eigenvalue weighted by molar-refractivity contribution is 6.31. The van der Waals surface area contributed by atoms with Gasteiger partial charge in [-0.15, -0.1) is 0 Å². The topological polar surface area (TPSA) is 49.3 Å². The van der Waals surface area contributed by atoms with Gasteiger partial charge in [0.25, 0.3) is 0 Å². The van der Waals surface area contributed by atoms with E-state index in [9.17, 15) is 4.79 Å². The number of anilines is 1. The van der Waals surface area contributed by atoms with Crippen LogP contribution in [0.1, 0.15) is 15.9 Å². The van der Waals surface area contributed by atoms with Crippen molar-refractivity contribution in [2.75, 3.05) is 5.32 Å². The standard InChI is InChI=1S/C14H11Cl2NO2/c15-10-3-1-9(2-4-10)8-17-13-7-11(16)5-6-12(13)14(18)19/h1-7,17H,8H2,(H,18,19). The van der Waals surface area contributed by atoms with Crippen molar-refractivity contribution >= 4 is 34.9 Å². The van der Waals surface area contributed by atoms with Gasteiger partial charge in [-0.1, -0.05) is 35.3 Å². The molecular weight excluding hydrogens is 285 g/mol. The predicted octanol–water partition coefficient (Wildman–Crippen LogP) is 4.30. The van der Waals surface area contributed by atoms with Crippen LogP contribution in [-0.4, -0.2) is 11.1 Å². The number of nitrogens with one attached hydrogen (secondary N) is 1. The van der Waals surface area contributed by atoms with Crippen molar-refractivity contribution in [2.24, 2.45) is 0 Å². The van der Waals surface area contributed by atoms with Crippen molar-refractivity contribution in [1.82, 2.24) is 0 Å². The Morgan fingerprint density at radius 2 is 1.68 bits per heavy atom. The molecule has 0 unspecified atom stereocenters. The van der Waals surface area contributed by atoms with Gasteiger partial charge >= 0.3 is 5.97 Å². The number of rotatable bonds is 4. The van der Waals surface area contributed by atoms with Crippen molar-refractivity contribution < 1.29 is 9.90 Å². The molecule has 3 nitrogen and oxygen atoms in total. The monoisotopic (exact) mass is 295 g/mol. The third-order valence-electron chi connectivity index (χ3n) is 2.61. The average molecular weight is 296 g/mol. The van der Waals surface area contributed by atoms with Gasteiger partial charge in [0.1, 0.15) is 0 Å². The number of aromatic carboxylic acids is 1. The summed E-state index contributed by atoms with van der Waals surface area (Å²) in [4.78, 5) is 11.1. The van der Waals surface area contributed by atoms with Gasteiger partial charge in [-0.2, -0.15) is 0 Å². The van der Waals surface area contributed by atoms with Gasteiger partial charge in [-0.05, 0) is 35.9 Å². The molecule has 2 aromatic carbocycles. The largest absolute Gasteiger partial charge is 0.478 e. The fourth-order valence-electron chi connectivity index (χ4n) is 1.65. The van der Waals surface area contributed by atoms with Crippen molar-refractivity contribution in [2.45, 2.75) is 6.54 Å². The van der Waals surface area contributed by atoms with Crippen LogP contribution in [0.25, 0.3) is 0 Å². The first-order chi connectivity index (χ1) is 9.06. The first kappa shape index (κ1) is 13.7. The molecule has 2 N–H and O–H groups in total. The van der Waals surface area contributed by atoms with E-state index in [0.717, 1.165) is 5.56 Å². The van der Waals surface area contributed by atoms with Crippen LogP contribution < -0.4 is 5.32 Å². The molecule has 0 bridgehead atoms. The molecule has 0 aliphatic heterocycles. The number of hydrogen-bond acceptors (Lipinski definition) is 2. The van der Waals surface area contributed by atoms with E-state index in [1.165, 1.54) is 6.07 Å². The lowest BCUT2D eigenvalue weighted by atomic mass is 10.1. The fraction of sp³-hybridized carbons (Fsp3) is 0.0714. The maximum absolute atomic E-state index is 11.1. The Balaban J connectivity index is 2.16. The van der Waals surface area contributed by atoms with E-state index in [4.69, 9.17) is 28.3 Å². The van der Waals surface area contributed by atoms with Crippen LogP contribution in [0.5, 0.6) is 0 Å². The molecule has 0 amide bonds. The van der Waals surface area contributed by atoms with Gasteiger partial charge < -0.3 is 10.4 Å². The number of carboxylic acids is 1. The molecule has 0 aliphatic rings. The Bertz CT molecular complexity index is 597. The first-order valence-corrected chi connectivity index (χ1v) is 6.33. The van der Waals surface area contributed by atoms with Crippen molar-refractivity contribution in [3.8, 4) is 0 Å². The zero-order chi connectivity index (χ0) is 13.8. The minimum Gasteiger partial charge on any atom is -0.478 e.